The normalized spacial score (nSPS) is 39.2. The van der Waals surface area contributed by atoms with Crippen LogP contribution < -0.4 is 10.9 Å². The van der Waals surface area contributed by atoms with E-state index in [1.54, 1.807) is 34.8 Å². The number of aliphatic hydroxyl groups excluding tert-OH is 1. The third-order valence-corrected chi connectivity index (χ3v) is 16.5. The zero-order valence-corrected chi connectivity index (χ0v) is 47.8. The van der Waals surface area contributed by atoms with Gasteiger partial charge in [-0.15, -0.1) is 0 Å². The number of nitrogens with zero attached hydrogens (tertiary/aromatic N) is 2. The molecule has 0 saturated carbocycles. The second-order valence-electron chi connectivity index (χ2n) is 23.2. The molecule has 73 heavy (non-hydrogen) atoms. The summed E-state index contributed by atoms with van der Waals surface area (Å²) in [5.41, 5.74) is 1.65. The molecule has 4 heterocycles. The van der Waals surface area contributed by atoms with Gasteiger partial charge in [0.05, 0.1) is 35.9 Å². The summed E-state index contributed by atoms with van der Waals surface area (Å²) in [5.74, 6) is -2.62. The monoisotopic (exact) mass is 1040 g/mol. The van der Waals surface area contributed by atoms with Crippen molar-refractivity contribution in [2.75, 3.05) is 41.3 Å². The van der Waals surface area contributed by atoms with Crippen molar-refractivity contribution in [2.24, 2.45) is 17.8 Å². The van der Waals surface area contributed by atoms with E-state index in [-0.39, 0.29) is 36.9 Å². The Morgan fingerprint density at radius 3 is 2.01 bits per heavy atom. The molecule has 4 rings (SSSR count). The summed E-state index contributed by atoms with van der Waals surface area (Å²) in [6.45, 7) is 21.7. The highest BCUT2D eigenvalue weighted by atomic mass is 16.8. The number of hydrogen-bond acceptors (Lipinski definition) is 17. The van der Waals surface area contributed by atoms with Gasteiger partial charge >= 0.3 is 18.2 Å². The van der Waals surface area contributed by atoms with Crippen molar-refractivity contribution in [3.63, 3.8) is 0 Å². The Labute approximate surface area is 439 Å². The summed E-state index contributed by atoms with van der Waals surface area (Å²) in [5, 5.41) is 24.6. The summed E-state index contributed by atoms with van der Waals surface area (Å²) in [6, 6.07) is -0.670. The fourth-order valence-electron chi connectivity index (χ4n) is 12.1. The molecular weight excluding hydrogens is 941 g/mol. The summed E-state index contributed by atoms with van der Waals surface area (Å²) in [6.07, 6.45) is 7.08. The van der Waals surface area contributed by atoms with Gasteiger partial charge in [0, 0.05) is 44.6 Å². The van der Waals surface area contributed by atoms with Gasteiger partial charge in [-0.25, -0.2) is 15.0 Å². The highest BCUT2D eigenvalue weighted by molar-refractivity contribution is 5.73. The molecule has 0 aromatic carbocycles. The first-order valence-electron chi connectivity index (χ1n) is 28.2. The number of nitrogens with one attached hydrogen (secondary N) is 2. The van der Waals surface area contributed by atoms with Crippen molar-refractivity contribution in [1.82, 2.24) is 20.7 Å². The van der Waals surface area contributed by atoms with Gasteiger partial charge in [0.1, 0.15) is 17.8 Å². The van der Waals surface area contributed by atoms with Crippen LogP contribution in [0.1, 0.15) is 185 Å². The lowest BCUT2D eigenvalue weighted by atomic mass is 9.77. The van der Waals surface area contributed by atoms with Crippen molar-refractivity contribution in [2.45, 2.75) is 276 Å². The Kier molecular flexibility index (Phi) is 25.4. The van der Waals surface area contributed by atoms with E-state index < -0.39 is 102 Å². The first kappa shape index (κ1) is 63.1. The molecule has 4 fully saturated rings. The molecule has 18 nitrogen and oxygen atoms in total. The molecule has 426 valence electrons. The van der Waals surface area contributed by atoms with Gasteiger partial charge in [0.2, 0.25) is 0 Å². The average Bonchev–Trinajstić information content (AvgIpc) is 3.64. The number of carbonyl (C=O) groups excluding carboxylic acids is 3. The predicted octanol–water partition coefficient (Wildman–Crippen LogP) is 8.41. The Morgan fingerprint density at radius 2 is 1.44 bits per heavy atom. The number of rotatable bonds is 23. The van der Waals surface area contributed by atoms with E-state index in [1.807, 2.05) is 67.6 Å². The lowest BCUT2D eigenvalue weighted by molar-refractivity contribution is -0.317. The molecule has 0 spiro atoms. The van der Waals surface area contributed by atoms with Crippen molar-refractivity contribution in [3.8, 4) is 0 Å². The van der Waals surface area contributed by atoms with Crippen molar-refractivity contribution in [1.29, 1.82) is 0 Å². The lowest BCUT2D eigenvalue weighted by Crippen LogP contribution is -2.61. The van der Waals surface area contributed by atoms with Crippen LogP contribution in [0.15, 0.2) is 0 Å². The van der Waals surface area contributed by atoms with Crippen molar-refractivity contribution in [3.05, 3.63) is 0 Å². The maximum absolute atomic E-state index is 14.8. The largest absolute Gasteiger partial charge is 0.509 e. The number of fused-ring (bicyclic) bond motifs is 1. The van der Waals surface area contributed by atoms with E-state index in [4.69, 9.17) is 42.6 Å². The van der Waals surface area contributed by atoms with Crippen LogP contribution in [0.2, 0.25) is 0 Å². The van der Waals surface area contributed by atoms with Crippen LogP contribution in [-0.2, 0) is 47.4 Å². The van der Waals surface area contributed by atoms with Crippen LogP contribution in [0.4, 0.5) is 9.59 Å². The fourth-order valence-corrected chi connectivity index (χ4v) is 12.1. The Bertz CT molecular complexity index is 1660. The zero-order valence-electron chi connectivity index (χ0n) is 47.8. The average molecular weight is 1040 g/mol. The van der Waals surface area contributed by atoms with Crippen LogP contribution in [0.25, 0.3) is 0 Å². The van der Waals surface area contributed by atoms with Gasteiger partial charge in [-0.1, -0.05) is 105 Å². The molecule has 0 aromatic heterocycles. The summed E-state index contributed by atoms with van der Waals surface area (Å²) >= 11 is 0. The quantitative estimate of drug-likeness (QED) is 0.0328. The van der Waals surface area contributed by atoms with Gasteiger partial charge < -0.3 is 57.7 Å². The number of hydrazine groups is 1. The number of esters is 1. The number of carbonyl (C=O) groups is 3. The summed E-state index contributed by atoms with van der Waals surface area (Å²) < 4.78 is 56.9. The van der Waals surface area contributed by atoms with E-state index >= 15 is 0 Å². The zero-order chi connectivity index (χ0) is 54.3. The third-order valence-electron chi connectivity index (χ3n) is 16.5. The number of amides is 1. The van der Waals surface area contributed by atoms with Gasteiger partial charge in [0.25, 0.3) is 0 Å². The molecule has 18 atom stereocenters. The minimum absolute atomic E-state index is 0.0867. The van der Waals surface area contributed by atoms with E-state index in [9.17, 15) is 24.6 Å². The molecule has 0 unspecified atom stereocenters. The maximum Gasteiger partial charge on any atom is 0.509 e. The third kappa shape index (κ3) is 17.6. The van der Waals surface area contributed by atoms with Crippen LogP contribution in [0.3, 0.4) is 0 Å². The second-order valence-corrected chi connectivity index (χ2v) is 23.2. The van der Waals surface area contributed by atoms with Gasteiger partial charge in [0.15, 0.2) is 30.4 Å². The van der Waals surface area contributed by atoms with Crippen LogP contribution in [-0.4, -0.2) is 170 Å². The van der Waals surface area contributed by atoms with Gasteiger partial charge in [-0.2, -0.15) is 0 Å². The molecule has 1 amide bonds. The Morgan fingerprint density at radius 1 is 0.836 bits per heavy atom. The van der Waals surface area contributed by atoms with E-state index in [2.05, 4.69) is 22.7 Å². The number of likely N-dealkylation sites (N-methyl/N-ethyl adjacent to an activating group) is 2. The van der Waals surface area contributed by atoms with Crippen LogP contribution in [0.5, 0.6) is 0 Å². The number of cyclic esters (lactones) is 1. The van der Waals surface area contributed by atoms with Gasteiger partial charge in [-0.3, -0.25) is 15.1 Å². The molecule has 4 N–H and O–H groups in total. The molecule has 4 aliphatic heterocycles. The predicted molar refractivity (Wildman–Crippen MR) is 278 cm³/mol. The highest BCUT2D eigenvalue weighted by Gasteiger charge is 2.58. The fraction of sp³-hybridized carbons (Fsp3) is 0.945. The number of ether oxygens (including phenoxy) is 9. The van der Waals surface area contributed by atoms with E-state index in [1.165, 1.54) is 64.2 Å². The summed E-state index contributed by atoms with van der Waals surface area (Å²) in [4.78, 5) is 44.9. The molecule has 4 aliphatic rings. The van der Waals surface area contributed by atoms with Crippen LogP contribution >= 0.6 is 0 Å². The smallest absolute Gasteiger partial charge is 0.458 e. The first-order valence-corrected chi connectivity index (χ1v) is 28.2. The SMILES string of the molecule is CCCCCCCCCCCCCCCNNC(=O)O[C@H]1[C@H](C)O[C@@H](O[C@H]2[C@H](C)[C@@H](O[C@@H]3O[C@H](C)C[C@H](N(C)C)[C@H]3O)[C@](C)(O)C[C@@H](C)CN(C)[C@H](C)[C@@H]3OC(=O)O[C@]3(C)[C@@H](CC)OC(=O)[C@@H]2C)C[C@@]1(C)OC. The second kappa shape index (κ2) is 29.4. The van der Waals surface area contributed by atoms with E-state index in [0.29, 0.717) is 25.9 Å². The molecule has 4 saturated heterocycles. The highest BCUT2D eigenvalue weighted by Crippen LogP contribution is 2.42. The number of methoxy groups -OCH3 is 1. The Hall–Kier alpha value is -2.39. The molecule has 0 radical (unpaired) electrons. The minimum Gasteiger partial charge on any atom is -0.458 e. The van der Waals surface area contributed by atoms with Crippen molar-refractivity contribution < 1.29 is 67.2 Å². The minimum atomic E-state index is -1.59. The first-order chi connectivity index (χ1) is 34.4. The lowest BCUT2D eigenvalue weighted by Gasteiger charge is -2.49. The van der Waals surface area contributed by atoms with Crippen LogP contribution in [0, 0.1) is 17.8 Å². The standard InChI is InChI=1S/C55H102N4O14/c1-16-18-19-20-21-22-23-24-25-26-27-28-29-30-56-57-51(62)71-48-40(8)67-43(33-54(48,10)65-15)69-45-37(5)46(70-50-44(60)41(58(12)13)31-36(4)66-50)53(9,64)32-35(3)34-59(14)39(7)47-55(11,73-52(63)72-47)42(17-2)68-49(61)38(45)6/h35-48,50,56,60,64H,16-34H2,1-15H3,(H,57,62)/t35-,36-,37+,38-,39-,40+,41+,42-,43+,44-,45+,46-,47+,48+,50+,53-,54-,55-/m1/s1. The number of unbranched alkanes of at least 4 members (excludes halogenated alkanes) is 12. The molecule has 0 aromatic rings. The maximum atomic E-state index is 14.8. The number of hydrogen-bond donors (Lipinski definition) is 4. The molecular formula is C55H102N4O14. The summed E-state index contributed by atoms with van der Waals surface area (Å²) in [7, 11) is 7.25. The molecule has 0 aliphatic carbocycles. The van der Waals surface area contributed by atoms with Crippen molar-refractivity contribution >= 4 is 18.2 Å². The van der Waals surface area contributed by atoms with E-state index in [0.717, 1.165) is 19.3 Å². The Balaban J connectivity index is 1.54. The van der Waals surface area contributed by atoms with Gasteiger partial charge in [-0.05, 0) is 101 Å². The number of aliphatic hydroxyl groups is 2. The molecule has 18 heteroatoms. The molecule has 0 bridgehead atoms. The topological polar surface area (TPSA) is 205 Å².